The molecule has 1 nitrogen and oxygen atoms in total. The molecule has 0 atom stereocenters. The number of hydrogen-bond donors (Lipinski definition) is 0. The number of rotatable bonds is 7. The smallest absolute Gasteiger partial charge is 0.0462 e. The molecule has 0 amide bonds. The summed E-state index contributed by atoms with van der Waals surface area (Å²) < 4.78 is 0. The lowest BCUT2D eigenvalue weighted by atomic mass is 9.80. The SMILES string of the molecule is CC1(C)c2ccccc2-c2c1cc1ccccc1c2-c1cccc(-c2ccc(N(c3ccc(-c4ccccc4)cc3)c3ccc(-c4ccccc4)cc3)cc2)c1. The van der Waals surface area contributed by atoms with Gasteiger partial charge in [-0.1, -0.05) is 178 Å². The fourth-order valence-electron chi connectivity index (χ4n) is 8.78. The van der Waals surface area contributed by atoms with Gasteiger partial charge in [-0.15, -0.1) is 0 Å². The first-order valence-corrected chi connectivity index (χ1v) is 19.5. The highest BCUT2D eigenvalue weighted by atomic mass is 15.1. The van der Waals surface area contributed by atoms with Crippen LogP contribution in [0.4, 0.5) is 17.1 Å². The summed E-state index contributed by atoms with van der Waals surface area (Å²) in [5.74, 6) is 0. The van der Waals surface area contributed by atoms with E-state index in [2.05, 4.69) is 231 Å². The number of nitrogens with zero attached hydrogens (tertiary/aromatic N) is 1. The number of anilines is 3. The molecule has 0 aliphatic heterocycles. The van der Waals surface area contributed by atoms with E-state index in [1.807, 2.05) is 0 Å². The van der Waals surface area contributed by atoms with Crippen LogP contribution < -0.4 is 4.90 Å². The Morgan fingerprint density at radius 1 is 0.321 bits per heavy atom. The van der Waals surface area contributed by atoms with Crippen molar-refractivity contribution < 1.29 is 0 Å². The molecule has 56 heavy (non-hydrogen) atoms. The fourth-order valence-corrected chi connectivity index (χ4v) is 8.78. The number of benzene rings is 9. The maximum absolute atomic E-state index is 2.42. The molecule has 0 aromatic heterocycles. The monoisotopic (exact) mass is 715 g/mol. The molecule has 0 N–H and O–H groups in total. The van der Waals surface area contributed by atoms with Gasteiger partial charge in [-0.25, -0.2) is 0 Å². The summed E-state index contributed by atoms with van der Waals surface area (Å²) in [6.45, 7) is 4.74. The second-order valence-electron chi connectivity index (χ2n) is 15.4. The number of fused-ring (bicyclic) bond motifs is 4. The summed E-state index contributed by atoms with van der Waals surface area (Å²) in [7, 11) is 0. The van der Waals surface area contributed by atoms with Crippen LogP contribution >= 0.6 is 0 Å². The molecule has 0 radical (unpaired) electrons. The minimum Gasteiger partial charge on any atom is -0.311 e. The third-order valence-corrected chi connectivity index (χ3v) is 11.7. The zero-order valence-electron chi connectivity index (χ0n) is 31.7. The summed E-state index contributed by atoms with van der Waals surface area (Å²) in [6, 6.07) is 77.4. The molecule has 1 aliphatic carbocycles. The van der Waals surface area contributed by atoms with Crippen LogP contribution in [-0.4, -0.2) is 0 Å². The molecule has 1 aliphatic rings. The Hall–Kier alpha value is -6.96. The average Bonchev–Trinajstić information content (AvgIpc) is 3.49. The second-order valence-corrected chi connectivity index (χ2v) is 15.4. The van der Waals surface area contributed by atoms with E-state index in [0.29, 0.717) is 0 Å². The van der Waals surface area contributed by atoms with Gasteiger partial charge in [0.25, 0.3) is 0 Å². The second kappa shape index (κ2) is 13.7. The predicted octanol–water partition coefficient (Wildman–Crippen LogP) is 15.3. The molecule has 0 saturated heterocycles. The highest BCUT2D eigenvalue weighted by Gasteiger charge is 2.37. The first-order valence-electron chi connectivity index (χ1n) is 19.5. The van der Waals surface area contributed by atoms with Crippen molar-refractivity contribution in [3.8, 4) is 55.6 Å². The quantitative estimate of drug-likeness (QED) is 0.159. The van der Waals surface area contributed by atoms with Crippen LogP contribution in [0.1, 0.15) is 25.0 Å². The van der Waals surface area contributed by atoms with Crippen LogP contribution in [0, 0.1) is 0 Å². The van der Waals surface area contributed by atoms with Crippen molar-refractivity contribution in [1.82, 2.24) is 0 Å². The molecule has 0 saturated carbocycles. The van der Waals surface area contributed by atoms with Crippen molar-refractivity contribution in [1.29, 1.82) is 0 Å². The Balaban J connectivity index is 1.05. The van der Waals surface area contributed by atoms with Gasteiger partial charge in [0, 0.05) is 22.5 Å². The molecule has 9 aromatic carbocycles. The largest absolute Gasteiger partial charge is 0.311 e. The lowest BCUT2D eigenvalue weighted by molar-refractivity contribution is 0.661. The number of hydrogen-bond acceptors (Lipinski definition) is 1. The van der Waals surface area contributed by atoms with Crippen LogP contribution in [0.5, 0.6) is 0 Å². The van der Waals surface area contributed by atoms with Gasteiger partial charge in [0.1, 0.15) is 0 Å². The molecule has 0 unspecified atom stereocenters. The van der Waals surface area contributed by atoms with Crippen molar-refractivity contribution in [3.63, 3.8) is 0 Å². The summed E-state index contributed by atoms with van der Waals surface area (Å²) in [5, 5.41) is 2.57. The summed E-state index contributed by atoms with van der Waals surface area (Å²) in [4.78, 5) is 2.35. The van der Waals surface area contributed by atoms with Crippen LogP contribution in [0.25, 0.3) is 66.4 Å². The average molecular weight is 716 g/mol. The molecule has 1 heteroatoms. The molecule has 0 bridgehead atoms. The molecular formula is C55H41N. The standard InChI is InChI=1S/C55H41N/c1-55(2)51-23-12-11-22-50(51)54-52(55)37-44-18-9-10-21-49(44)53(54)45-20-13-19-43(36-45)42-28-34-48(35-29-42)56(46-30-24-40(25-31-46)38-14-5-3-6-15-38)47-32-26-41(27-33-47)39-16-7-4-8-17-39/h3-37H,1-2H3. The van der Waals surface area contributed by atoms with E-state index in [0.717, 1.165) is 17.1 Å². The van der Waals surface area contributed by atoms with Gasteiger partial charge in [0.2, 0.25) is 0 Å². The van der Waals surface area contributed by atoms with Gasteiger partial charge in [0.15, 0.2) is 0 Å². The maximum atomic E-state index is 2.42. The highest BCUT2D eigenvalue weighted by Crippen LogP contribution is 2.54. The van der Waals surface area contributed by atoms with Crippen LogP contribution in [-0.2, 0) is 5.41 Å². The minimum absolute atomic E-state index is 0.0756. The normalized spacial score (nSPS) is 12.6. The predicted molar refractivity (Wildman–Crippen MR) is 238 cm³/mol. The first-order chi connectivity index (χ1) is 27.5. The zero-order chi connectivity index (χ0) is 37.6. The Labute approximate surface area is 329 Å². The van der Waals surface area contributed by atoms with Crippen LogP contribution in [0.2, 0.25) is 0 Å². The van der Waals surface area contributed by atoms with E-state index in [1.165, 1.54) is 77.5 Å². The van der Waals surface area contributed by atoms with Crippen LogP contribution in [0.3, 0.4) is 0 Å². The molecule has 0 heterocycles. The van der Waals surface area contributed by atoms with Gasteiger partial charge in [-0.2, -0.15) is 0 Å². The molecule has 0 fully saturated rings. The summed E-state index contributed by atoms with van der Waals surface area (Å²) >= 11 is 0. The lowest BCUT2D eigenvalue weighted by Crippen LogP contribution is -2.14. The van der Waals surface area contributed by atoms with E-state index in [-0.39, 0.29) is 5.41 Å². The van der Waals surface area contributed by atoms with Crippen molar-refractivity contribution in [2.24, 2.45) is 0 Å². The van der Waals surface area contributed by atoms with Gasteiger partial charge < -0.3 is 4.90 Å². The molecule has 9 aromatic rings. The third-order valence-electron chi connectivity index (χ3n) is 11.7. The van der Waals surface area contributed by atoms with E-state index in [4.69, 9.17) is 0 Å². The third kappa shape index (κ3) is 5.81. The van der Waals surface area contributed by atoms with Crippen LogP contribution in [0.15, 0.2) is 212 Å². The first kappa shape index (κ1) is 33.6. The highest BCUT2D eigenvalue weighted by molar-refractivity contribution is 6.08. The Morgan fingerprint density at radius 3 is 1.36 bits per heavy atom. The molecule has 10 rings (SSSR count). The molecule has 0 spiro atoms. The topological polar surface area (TPSA) is 3.24 Å². The minimum atomic E-state index is -0.0756. The maximum Gasteiger partial charge on any atom is 0.0462 e. The van der Waals surface area contributed by atoms with Crippen molar-refractivity contribution >= 4 is 27.8 Å². The Kier molecular flexibility index (Phi) is 8.23. The van der Waals surface area contributed by atoms with E-state index < -0.39 is 0 Å². The van der Waals surface area contributed by atoms with Gasteiger partial charge >= 0.3 is 0 Å². The van der Waals surface area contributed by atoms with Crippen molar-refractivity contribution in [3.05, 3.63) is 223 Å². The zero-order valence-corrected chi connectivity index (χ0v) is 31.7. The van der Waals surface area contributed by atoms with E-state index in [9.17, 15) is 0 Å². The Morgan fingerprint density at radius 2 is 0.768 bits per heavy atom. The molecular weight excluding hydrogens is 675 g/mol. The Bertz CT molecular complexity index is 2750. The summed E-state index contributed by atoms with van der Waals surface area (Å²) in [6.07, 6.45) is 0. The summed E-state index contributed by atoms with van der Waals surface area (Å²) in [5.41, 5.74) is 18.5. The van der Waals surface area contributed by atoms with Crippen molar-refractivity contribution in [2.45, 2.75) is 19.3 Å². The van der Waals surface area contributed by atoms with E-state index >= 15 is 0 Å². The van der Waals surface area contributed by atoms with Gasteiger partial charge in [-0.3, -0.25) is 0 Å². The van der Waals surface area contributed by atoms with Gasteiger partial charge in [0.05, 0.1) is 0 Å². The lowest BCUT2D eigenvalue weighted by Gasteiger charge is -2.26. The molecule has 266 valence electrons. The van der Waals surface area contributed by atoms with Gasteiger partial charge in [-0.05, 0) is 126 Å². The van der Waals surface area contributed by atoms with E-state index in [1.54, 1.807) is 0 Å². The fraction of sp³-hybridized carbons (Fsp3) is 0.0545. The van der Waals surface area contributed by atoms with Crippen molar-refractivity contribution in [2.75, 3.05) is 4.90 Å².